The average Bonchev–Trinajstić information content (AvgIpc) is 2.46. The minimum Gasteiger partial charge on any atom is -0.330 e. The number of nitrogens with one attached hydrogen (secondary N) is 4. The fourth-order valence-electron chi connectivity index (χ4n) is 1.85. The average molecular weight is 308 g/mol. The number of anilines is 1. The standard InChI is InChI=1S/C14H20N4O2S/c1-9(2)10-3-5-11(6-4-10)16-13(20)8-21-14-17-12(19)7-15-18-14/h3-6,9,14-15,18H,7-8H2,1-2H3,(H,16,20)(H,17,19). The first-order valence-corrected chi connectivity index (χ1v) is 7.88. The van der Waals surface area contributed by atoms with Crippen LogP contribution in [0.1, 0.15) is 25.3 Å². The Labute approximate surface area is 128 Å². The van der Waals surface area contributed by atoms with Crippen LogP contribution in [0.4, 0.5) is 5.69 Å². The molecule has 1 unspecified atom stereocenters. The number of hydrazine groups is 1. The lowest BCUT2D eigenvalue weighted by Gasteiger charge is -2.24. The summed E-state index contributed by atoms with van der Waals surface area (Å²) in [5.41, 5.74) is 7.38. The van der Waals surface area contributed by atoms with E-state index in [-0.39, 0.29) is 29.6 Å². The van der Waals surface area contributed by atoms with Gasteiger partial charge >= 0.3 is 0 Å². The first-order valence-electron chi connectivity index (χ1n) is 6.84. The van der Waals surface area contributed by atoms with Crippen molar-refractivity contribution in [3.63, 3.8) is 0 Å². The van der Waals surface area contributed by atoms with Gasteiger partial charge in [-0.2, -0.15) is 0 Å². The number of carbonyl (C=O) groups excluding carboxylic acids is 2. The van der Waals surface area contributed by atoms with Gasteiger partial charge in [0.05, 0.1) is 12.3 Å². The Morgan fingerprint density at radius 1 is 1.38 bits per heavy atom. The Morgan fingerprint density at radius 3 is 2.71 bits per heavy atom. The van der Waals surface area contributed by atoms with Gasteiger partial charge < -0.3 is 10.6 Å². The number of hydrogen-bond donors (Lipinski definition) is 4. The van der Waals surface area contributed by atoms with Gasteiger partial charge in [0.2, 0.25) is 11.8 Å². The Balaban J connectivity index is 1.77. The van der Waals surface area contributed by atoms with E-state index in [0.29, 0.717) is 5.92 Å². The SMILES string of the molecule is CC(C)c1ccc(NC(=O)CSC2NNCC(=O)N2)cc1. The van der Waals surface area contributed by atoms with Crippen molar-refractivity contribution in [3.8, 4) is 0 Å². The molecule has 1 aliphatic heterocycles. The van der Waals surface area contributed by atoms with E-state index < -0.39 is 0 Å². The highest BCUT2D eigenvalue weighted by Gasteiger charge is 2.18. The Hall–Kier alpha value is -1.57. The molecule has 2 rings (SSSR count). The molecule has 0 aromatic heterocycles. The first kappa shape index (κ1) is 15.8. The maximum atomic E-state index is 11.9. The third-order valence-corrected chi connectivity index (χ3v) is 4.01. The lowest BCUT2D eigenvalue weighted by atomic mass is 10.0. The van der Waals surface area contributed by atoms with Crippen molar-refractivity contribution in [2.75, 3.05) is 17.6 Å². The molecule has 1 atom stereocenters. The van der Waals surface area contributed by atoms with E-state index in [4.69, 9.17) is 0 Å². The summed E-state index contributed by atoms with van der Waals surface area (Å²) in [5.74, 6) is 0.541. The van der Waals surface area contributed by atoms with Crippen LogP contribution in [0.3, 0.4) is 0 Å². The van der Waals surface area contributed by atoms with Crippen molar-refractivity contribution in [2.24, 2.45) is 0 Å². The maximum absolute atomic E-state index is 11.9. The van der Waals surface area contributed by atoms with Crippen molar-refractivity contribution >= 4 is 29.3 Å². The minimum atomic E-state index is -0.291. The summed E-state index contributed by atoms with van der Waals surface area (Å²) in [6.45, 7) is 4.50. The molecule has 0 saturated carbocycles. The van der Waals surface area contributed by atoms with Crippen LogP contribution in [0.2, 0.25) is 0 Å². The van der Waals surface area contributed by atoms with E-state index >= 15 is 0 Å². The minimum absolute atomic E-state index is 0.0871. The molecule has 1 aromatic carbocycles. The van der Waals surface area contributed by atoms with Gasteiger partial charge in [0.15, 0.2) is 0 Å². The van der Waals surface area contributed by atoms with Gasteiger partial charge in [-0.25, -0.2) is 10.9 Å². The van der Waals surface area contributed by atoms with Crippen LogP contribution in [0.15, 0.2) is 24.3 Å². The van der Waals surface area contributed by atoms with Gasteiger partial charge in [0, 0.05) is 5.69 Å². The van der Waals surface area contributed by atoms with Gasteiger partial charge in [-0.1, -0.05) is 26.0 Å². The van der Waals surface area contributed by atoms with Gasteiger partial charge in [-0.15, -0.1) is 11.8 Å². The molecule has 21 heavy (non-hydrogen) atoms. The molecule has 4 N–H and O–H groups in total. The molecule has 0 aliphatic carbocycles. The quantitative estimate of drug-likeness (QED) is 0.652. The number of thioether (sulfide) groups is 1. The molecule has 0 radical (unpaired) electrons. The lowest BCUT2D eigenvalue weighted by Crippen LogP contribution is -2.58. The molecule has 114 valence electrons. The van der Waals surface area contributed by atoms with Crippen LogP contribution in [0.25, 0.3) is 0 Å². The second kappa shape index (κ2) is 7.44. The van der Waals surface area contributed by atoms with Crippen molar-refractivity contribution in [2.45, 2.75) is 25.3 Å². The van der Waals surface area contributed by atoms with Crippen molar-refractivity contribution < 1.29 is 9.59 Å². The topological polar surface area (TPSA) is 82.3 Å². The molecule has 0 bridgehead atoms. The highest BCUT2D eigenvalue weighted by molar-refractivity contribution is 8.00. The van der Waals surface area contributed by atoms with Crippen LogP contribution in [0, 0.1) is 0 Å². The number of carbonyl (C=O) groups is 2. The first-order chi connectivity index (χ1) is 10.0. The predicted octanol–water partition coefficient (Wildman–Crippen LogP) is 0.989. The molecule has 1 aromatic rings. The van der Waals surface area contributed by atoms with Gasteiger partial charge in [0.25, 0.3) is 0 Å². The number of rotatable bonds is 5. The molecule has 1 heterocycles. The summed E-state index contributed by atoms with van der Waals surface area (Å²) in [5, 5.41) is 5.56. The smallest absolute Gasteiger partial charge is 0.237 e. The fraction of sp³-hybridized carbons (Fsp3) is 0.429. The molecule has 0 spiro atoms. The van der Waals surface area contributed by atoms with E-state index in [2.05, 4.69) is 35.3 Å². The summed E-state index contributed by atoms with van der Waals surface area (Å²) in [4.78, 5) is 23.0. The molecular formula is C14H20N4O2S. The van der Waals surface area contributed by atoms with Gasteiger partial charge in [0.1, 0.15) is 5.50 Å². The Bertz CT molecular complexity index is 504. The third kappa shape index (κ3) is 5.04. The normalized spacial score (nSPS) is 18.4. The second-order valence-corrected chi connectivity index (χ2v) is 6.17. The van der Waals surface area contributed by atoms with Gasteiger partial charge in [-0.3, -0.25) is 9.59 Å². The van der Waals surface area contributed by atoms with Crippen LogP contribution >= 0.6 is 11.8 Å². The fourth-order valence-corrected chi connectivity index (χ4v) is 2.62. The molecule has 1 fully saturated rings. The third-order valence-electron chi connectivity index (χ3n) is 3.02. The molecule has 2 amide bonds. The van der Waals surface area contributed by atoms with Crippen LogP contribution in [0.5, 0.6) is 0 Å². The largest absolute Gasteiger partial charge is 0.330 e. The summed E-state index contributed by atoms with van der Waals surface area (Å²) >= 11 is 1.32. The zero-order chi connectivity index (χ0) is 15.2. The highest BCUT2D eigenvalue weighted by atomic mass is 32.2. The van der Waals surface area contributed by atoms with E-state index in [1.54, 1.807) is 0 Å². The summed E-state index contributed by atoms with van der Waals surface area (Å²) in [6, 6.07) is 7.83. The number of hydrogen-bond acceptors (Lipinski definition) is 5. The van der Waals surface area contributed by atoms with E-state index in [0.717, 1.165) is 5.69 Å². The maximum Gasteiger partial charge on any atom is 0.237 e. The molecular weight excluding hydrogens is 288 g/mol. The molecule has 7 heteroatoms. The van der Waals surface area contributed by atoms with Crippen LogP contribution in [-0.2, 0) is 9.59 Å². The van der Waals surface area contributed by atoms with E-state index in [1.165, 1.54) is 17.3 Å². The monoisotopic (exact) mass is 308 g/mol. The Kier molecular flexibility index (Phi) is 5.60. The molecule has 1 aliphatic rings. The van der Waals surface area contributed by atoms with Crippen molar-refractivity contribution in [1.29, 1.82) is 0 Å². The Morgan fingerprint density at radius 2 is 2.10 bits per heavy atom. The van der Waals surface area contributed by atoms with E-state index in [9.17, 15) is 9.59 Å². The number of amides is 2. The highest BCUT2D eigenvalue weighted by Crippen LogP contribution is 2.17. The van der Waals surface area contributed by atoms with E-state index in [1.807, 2.05) is 24.3 Å². The zero-order valence-corrected chi connectivity index (χ0v) is 12.9. The lowest BCUT2D eigenvalue weighted by molar-refractivity contribution is -0.122. The number of benzene rings is 1. The van der Waals surface area contributed by atoms with Crippen LogP contribution in [-0.4, -0.2) is 29.6 Å². The van der Waals surface area contributed by atoms with Gasteiger partial charge in [-0.05, 0) is 23.6 Å². The summed E-state index contributed by atoms with van der Waals surface area (Å²) < 4.78 is 0. The summed E-state index contributed by atoms with van der Waals surface area (Å²) in [6.07, 6.45) is 0. The zero-order valence-electron chi connectivity index (χ0n) is 12.1. The predicted molar refractivity (Wildman–Crippen MR) is 84.7 cm³/mol. The van der Waals surface area contributed by atoms with Crippen molar-refractivity contribution in [1.82, 2.24) is 16.2 Å². The van der Waals surface area contributed by atoms with Crippen LogP contribution < -0.4 is 21.5 Å². The van der Waals surface area contributed by atoms with Crippen molar-refractivity contribution in [3.05, 3.63) is 29.8 Å². The summed E-state index contributed by atoms with van der Waals surface area (Å²) in [7, 11) is 0. The second-order valence-electron chi connectivity index (χ2n) is 5.08. The molecule has 1 saturated heterocycles. The molecule has 6 nitrogen and oxygen atoms in total.